The molecule has 0 aliphatic carbocycles. The van der Waals surface area contributed by atoms with Crippen molar-refractivity contribution in [1.82, 2.24) is 15.1 Å². The Morgan fingerprint density at radius 1 is 0.935 bits per heavy atom. The van der Waals surface area contributed by atoms with Gasteiger partial charge in [-0.2, -0.15) is 0 Å². The molecule has 31 heavy (non-hydrogen) atoms. The van der Waals surface area contributed by atoms with E-state index in [1.165, 1.54) is 17.7 Å². The third-order valence-corrected chi connectivity index (χ3v) is 5.92. The minimum Gasteiger partial charge on any atom is -0.354 e. The summed E-state index contributed by atoms with van der Waals surface area (Å²) in [5.74, 6) is -0.0630. The highest BCUT2D eigenvalue weighted by atomic mass is 19.1. The number of benzene rings is 2. The SMILES string of the molecule is CC(C(=O)NCCc1ccc(F)cc1)N1CCN(C(=O)CCCc2ccccc2)CC1. The van der Waals surface area contributed by atoms with Gasteiger partial charge in [0.2, 0.25) is 11.8 Å². The predicted molar refractivity (Wildman–Crippen MR) is 120 cm³/mol. The molecular formula is C25H32FN3O2. The van der Waals surface area contributed by atoms with Gasteiger partial charge in [0.15, 0.2) is 0 Å². The van der Waals surface area contributed by atoms with Crippen LogP contribution in [0.25, 0.3) is 0 Å². The van der Waals surface area contributed by atoms with Crippen LogP contribution in [0.2, 0.25) is 0 Å². The quantitative estimate of drug-likeness (QED) is 0.672. The van der Waals surface area contributed by atoms with Gasteiger partial charge in [-0.25, -0.2) is 4.39 Å². The second-order valence-corrected chi connectivity index (χ2v) is 8.10. The fraction of sp³-hybridized carbons (Fsp3) is 0.440. The molecule has 1 N–H and O–H groups in total. The number of nitrogens with one attached hydrogen (secondary N) is 1. The molecule has 0 radical (unpaired) electrons. The summed E-state index contributed by atoms with van der Waals surface area (Å²) >= 11 is 0. The average molecular weight is 426 g/mol. The van der Waals surface area contributed by atoms with Crippen LogP contribution >= 0.6 is 0 Å². The highest BCUT2D eigenvalue weighted by molar-refractivity contribution is 5.81. The van der Waals surface area contributed by atoms with Gasteiger partial charge in [0.25, 0.3) is 0 Å². The maximum atomic E-state index is 13.0. The lowest BCUT2D eigenvalue weighted by Gasteiger charge is -2.37. The normalized spacial score (nSPS) is 15.5. The molecule has 166 valence electrons. The van der Waals surface area contributed by atoms with Crippen LogP contribution in [0.5, 0.6) is 0 Å². The number of carbonyl (C=O) groups excluding carboxylic acids is 2. The first-order chi connectivity index (χ1) is 15.0. The summed E-state index contributed by atoms with van der Waals surface area (Å²) in [6.07, 6.45) is 3.01. The average Bonchev–Trinajstić information content (AvgIpc) is 2.80. The van der Waals surface area contributed by atoms with Crippen LogP contribution in [0.1, 0.15) is 30.9 Å². The molecule has 1 heterocycles. The Bertz CT molecular complexity index is 834. The molecule has 2 amide bonds. The van der Waals surface area contributed by atoms with Crippen molar-refractivity contribution in [2.45, 2.75) is 38.6 Å². The summed E-state index contributed by atoms with van der Waals surface area (Å²) in [4.78, 5) is 29.0. The number of carbonyl (C=O) groups is 2. The molecule has 0 bridgehead atoms. The molecule has 3 rings (SSSR count). The molecular weight excluding hydrogens is 393 g/mol. The zero-order valence-corrected chi connectivity index (χ0v) is 18.2. The molecule has 1 aliphatic heterocycles. The fourth-order valence-corrected chi connectivity index (χ4v) is 3.90. The van der Waals surface area contributed by atoms with Gasteiger partial charge >= 0.3 is 0 Å². The lowest BCUT2D eigenvalue weighted by atomic mass is 10.1. The van der Waals surface area contributed by atoms with E-state index in [0.29, 0.717) is 45.6 Å². The van der Waals surface area contributed by atoms with Gasteiger partial charge in [-0.05, 0) is 49.4 Å². The summed E-state index contributed by atoms with van der Waals surface area (Å²) in [6.45, 7) is 5.17. The summed E-state index contributed by atoms with van der Waals surface area (Å²) in [6, 6.07) is 16.3. The van der Waals surface area contributed by atoms with Crippen molar-refractivity contribution in [3.63, 3.8) is 0 Å². The Morgan fingerprint density at radius 3 is 2.26 bits per heavy atom. The maximum absolute atomic E-state index is 13.0. The monoisotopic (exact) mass is 425 g/mol. The molecule has 0 saturated carbocycles. The van der Waals surface area contributed by atoms with E-state index in [-0.39, 0.29) is 23.7 Å². The second-order valence-electron chi connectivity index (χ2n) is 8.10. The first kappa shape index (κ1) is 22.9. The van der Waals surface area contributed by atoms with Crippen LogP contribution in [0, 0.1) is 5.82 Å². The summed E-state index contributed by atoms with van der Waals surface area (Å²) < 4.78 is 13.0. The lowest BCUT2D eigenvalue weighted by molar-refractivity contribution is -0.134. The summed E-state index contributed by atoms with van der Waals surface area (Å²) in [5.41, 5.74) is 2.26. The highest BCUT2D eigenvalue weighted by Crippen LogP contribution is 2.11. The maximum Gasteiger partial charge on any atom is 0.237 e. The van der Waals surface area contributed by atoms with Crippen LogP contribution in [0.3, 0.4) is 0 Å². The zero-order valence-electron chi connectivity index (χ0n) is 18.2. The number of nitrogens with zero attached hydrogens (tertiary/aromatic N) is 2. The largest absolute Gasteiger partial charge is 0.354 e. The number of piperazine rings is 1. The topological polar surface area (TPSA) is 52.7 Å². The number of halogens is 1. The van der Waals surface area contributed by atoms with Gasteiger partial charge in [-0.3, -0.25) is 14.5 Å². The number of amides is 2. The third kappa shape index (κ3) is 7.17. The molecule has 2 aromatic carbocycles. The van der Waals surface area contributed by atoms with Crippen molar-refractivity contribution >= 4 is 11.8 Å². The van der Waals surface area contributed by atoms with Crippen molar-refractivity contribution in [2.24, 2.45) is 0 Å². The van der Waals surface area contributed by atoms with Gasteiger partial charge in [0, 0.05) is 39.1 Å². The molecule has 1 aliphatic rings. The van der Waals surface area contributed by atoms with E-state index in [1.807, 2.05) is 30.0 Å². The Labute approximate surface area is 184 Å². The Hall–Kier alpha value is -2.73. The zero-order chi connectivity index (χ0) is 22.1. The van der Waals surface area contributed by atoms with E-state index < -0.39 is 0 Å². The predicted octanol–water partition coefficient (Wildman–Crippen LogP) is 3.04. The van der Waals surface area contributed by atoms with E-state index in [2.05, 4.69) is 22.3 Å². The van der Waals surface area contributed by atoms with Gasteiger partial charge in [0.1, 0.15) is 5.82 Å². The first-order valence-electron chi connectivity index (χ1n) is 11.1. The first-order valence-corrected chi connectivity index (χ1v) is 11.1. The molecule has 1 fully saturated rings. The van der Waals surface area contributed by atoms with Gasteiger partial charge in [-0.1, -0.05) is 42.5 Å². The number of rotatable bonds is 9. The Balaban J connectivity index is 1.33. The van der Waals surface area contributed by atoms with Crippen LogP contribution in [-0.2, 0) is 22.4 Å². The van der Waals surface area contributed by atoms with Crippen molar-refractivity contribution in [3.8, 4) is 0 Å². The van der Waals surface area contributed by atoms with E-state index in [1.54, 1.807) is 12.1 Å². The Morgan fingerprint density at radius 2 is 1.58 bits per heavy atom. The molecule has 5 nitrogen and oxygen atoms in total. The third-order valence-electron chi connectivity index (χ3n) is 5.92. The van der Waals surface area contributed by atoms with Gasteiger partial charge < -0.3 is 10.2 Å². The molecule has 6 heteroatoms. The van der Waals surface area contributed by atoms with Crippen molar-refractivity contribution in [3.05, 3.63) is 71.5 Å². The smallest absolute Gasteiger partial charge is 0.237 e. The molecule has 2 aromatic rings. The van der Waals surface area contributed by atoms with Crippen molar-refractivity contribution < 1.29 is 14.0 Å². The highest BCUT2D eigenvalue weighted by Gasteiger charge is 2.27. The van der Waals surface area contributed by atoms with Crippen LogP contribution in [0.15, 0.2) is 54.6 Å². The van der Waals surface area contributed by atoms with Crippen molar-refractivity contribution in [2.75, 3.05) is 32.7 Å². The van der Waals surface area contributed by atoms with Crippen LogP contribution in [-0.4, -0.2) is 60.4 Å². The second kappa shape index (κ2) is 11.6. The minimum absolute atomic E-state index is 0.00949. The molecule has 1 saturated heterocycles. The minimum atomic E-state index is -0.254. The van der Waals surface area contributed by atoms with E-state index >= 15 is 0 Å². The molecule has 0 spiro atoms. The van der Waals surface area contributed by atoms with E-state index in [0.717, 1.165) is 18.4 Å². The fourth-order valence-electron chi connectivity index (χ4n) is 3.90. The molecule has 1 atom stereocenters. The number of hydrogen-bond acceptors (Lipinski definition) is 3. The molecule has 0 aromatic heterocycles. The van der Waals surface area contributed by atoms with Gasteiger partial charge in [0.05, 0.1) is 6.04 Å². The number of aryl methyl sites for hydroxylation is 1. The van der Waals surface area contributed by atoms with Gasteiger partial charge in [-0.15, -0.1) is 0 Å². The molecule has 1 unspecified atom stereocenters. The van der Waals surface area contributed by atoms with Crippen LogP contribution in [0.4, 0.5) is 4.39 Å². The van der Waals surface area contributed by atoms with Crippen LogP contribution < -0.4 is 5.32 Å². The summed E-state index contributed by atoms with van der Waals surface area (Å²) in [7, 11) is 0. The van der Waals surface area contributed by atoms with Crippen molar-refractivity contribution in [1.29, 1.82) is 0 Å². The summed E-state index contributed by atoms with van der Waals surface area (Å²) in [5, 5.41) is 2.97. The lowest BCUT2D eigenvalue weighted by Crippen LogP contribution is -2.55. The van der Waals surface area contributed by atoms with E-state index in [4.69, 9.17) is 0 Å². The standard InChI is InChI=1S/C25H32FN3O2/c1-20(25(31)27-15-14-22-10-12-23(26)13-11-22)28-16-18-29(19-17-28)24(30)9-5-8-21-6-3-2-4-7-21/h2-4,6-7,10-13,20H,5,8-9,14-19H2,1H3,(H,27,31). The number of hydrogen-bond donors (Lipinski definition) is 1. The Kier molecular flexibility index (Phi) is 8.59. The van der Waals surface area contributed by atoms with E-state index in [9.17, 15) is 14.0 Å².